The number of halogens is 1. The highest BCUT2D eigenvalue weighted by Gasteiger charge is 2.38. The van der Waals surface area contributed by atoms with Crippen molar-refractivity contribution < 1.29 is 4.74 Å². The molecule has 1 aromatic rings. The lowest BCUT2D eigenvalue weighted by Crippen LogP contribution is -2.20. The quantitative estimate of drug-likeness (QED) is 0.665. The van der Waals surface area contributed by atoms with Crippen LogP contribution in [0.1, 0.15) is 62.4 Å². The van der Waals surface area contributed by atoms with E-state index in [1.807, 2.05) is 0 Å². The number of hydrogen-bond donors (Lipinski definition) is 0. The van der Waals surface area contributed by atoms with Crippen molar-refractivity contribution in [2.24, 2.45) is 5.41 Å². The number of rotatable bonds is 2. The molecule has 1 heterocycles. The van der Waals surface area contributed by atoms with Gasteiger partial charge in [-0.1, -0.05) is 61.7 Å². The van der Waals surface area contributed by atoms with E-state index < -0.39 is 0 Å². The summed E-state index contributed by atoms with van der Waals surface area (Å²) in [6.45, 7) is 7.76. The summed E-state index contributed by atoms with van der Waals surface area (Å²) in [4.78, 5) is 0.462. The van der Waals surface area contributed by atoms with Gasteiger partial charge in [0.1, 0.15) is 5.75 Å². The highest BCUT2D eigenvalue weighted by atomic mass is 79.9. The van der Waals surface area contributed by atoms with Crippen LogP contribution in [0.25, 0.3) is 0 Å². The Balaban J connectivity index is 1.94. The van der Waals surface area contributed by atoms with Crippen LogP contribution < -0.4 is 4.74 Å². The first-order valence-electron chi connectivity index (χ1n) is 7.34. The van der Waals surface area contributed by atoms with Gasteiger partial charge < -0.3 is 4.74 Å². The topological polar surface area (TPSA) is 9.23 Å². The van der Waals surface area contributed by atoms with Gasteiger partial charge in [-0.3, -0.25) is 0 Å². The summed E-state index contributed by atoms with van der Waals surface area (Å²) in [5, 5.41) is 0. The fraction of sp³-hybridized carbons (Fsp3) is 0.647. The molecule has 2 heteroatoms. The molecule has 1 aliphatic carbocycles. The van der Waals surface area contributed by atoms with E-state index in [1.165, 1.54) is 36.8 Å². The van der Waals surface area contributed by atoms with Gasteiger partial charge in [0.2, 0.25) is 0 Å². The van der Waals surface area contributed by atoms with Crippen LogP contribution in [0.5, 0.6) is 5.75 Å². The molecular formula is C17H23BrO. The number of benzene rings is 1. The van der Waals surface area contributed by atoms with Crippen molar-refractivity contribution in [2.75, 3.05) is 6.61 Å². The SMILES string of the molecule is CC1(C)COc2ccc(C(Br)C3(C)CCCC3)cc21. The smallest absolute Gasteiger partial charge is 0.123 e. The van der Waals surface area contributed by atoms with Gasteiger partial charge in [0.25, 0.3) is 0 Å². The van der Waals surface area contributed by atoms with Gasteiger partial charge >= 0.3 is 0 Å². The van der Waals surface area contributed by atoms with Gasteiger partial charge in [-0.2, -0.15) is 0 Å². The van der Waals surface area contributed by atoms with Crippen LogP contribution in [0.15, 0.2) is 18.2 Å². The zero-order valence-electron chi connectivity index (χ0n) is 12.1. The molecule has 104 valence electrons. The van der Waals surface area contributed by atoms with E-state index in [-0.39, 0.29) is 5.41 Å². The fourth-order valence-corrected chi connectivity index (χ4v) is 4.28. The molecule has 1 fully saturated rings. The highest BCUT2D eigenvalue weighted by Crippen LogP contribution is 2.52. The van der Waals surface area contributed by atoms with Gasteiger partial charge in [0.15, 0.2) is 0 Å². The maximum Gasteiger partial charge on any atom is 0.123 e. The van der Waals surface area contributed by atoms with Crippen LogP contribution in [0, 0.1) is 5.41 Å². The van der Waals surface area contributed by atoms with Crippen molar-refractivity contribution >= 4 is 15.9 Å². The summed E-state index contributed by atoms with van der Waals surface area (Å²) in [6.07, 6.45) is 5.41. The molecule has 0 bridgehead atoms. The first-order valence-corrected chi connectivity index (χ1v) is 8.25. The summed E-state index contributed by atoms with van der Waals surface area (Å²) in [5.41, 5.74) is 3.35. The summed E-state index contributed by atoms with van der Waals surface area (Å²) < 4.78 is 5.78. The molecule has 0 saturated heterocycles. The summed E-state index contributed by atoms with van der Waals surface area (Å²) in [7, 11) is 0. The Morgan fingerprint density at radius 1 is 1.16 bits per heavy atom. The Labute approximate surface area is 124 Å². The predicted molar refractivity (Wildman–Crippen MR) is 83.2 cm³/mol. The second-order valence-corrected chi connectivity index (χ2v) is 8.07. The third-order valence-electron chi connectivity index (χ3n) is 4.97. The Kier molecular flexibility index (Phi) is 3.20. The molecule has 1 saturated carbocycles. The van der Waals surface area contributed by atoms with E-state index in [2.05, 4.69) is 54.9 Å². The molecule has 0 aromatic heterocycles. The Morgan fingerprint density at radius 3 is 2.53 bits per heavy atom. The number of hydrogen-bond acceptors (Lipinski definition) is 1. The monoisotopic (exact) mass is 322 g/mol. The van der Waals surface area contributed by atoms with Crippen LogP contribution in [0.3, 0.4) is 0 Å². The Morgan fingerprint density at radius 2 is 1.84 bits per heavy atom. The van der Waals surface area contributed by atoms with Gasteiger partial charge in [-0.25, -0.2) is 0 Å². The molecular weight excluding hydrogens is 300 g/mol. The van der Waals surface area contributed by atoms with Gasteiger partial charge in [0.05, 0.1) is 6.61 Å². The first kappa shape index (κ1) is 13.5. The zero-order valence-corrected chi connectivity index (χ0v) is 13.7. The number of fused-ring (bicyclic) bond motifs is 1. The fourth-order valence-electron chi connectivity index (χ4n) is 3.53. The minimum atomic E-state index is 0.147. The maximum atomic E-state index is 5.78. The van der Waals surface area contributed by atoms with Gasteiger partial charge in [-0.05, 0) is 29.9 Å². The van der Waals surface area contributed by atoms with Crippen LogP contribution >= 0.6 is 15.9 Å². The van der Waals surface area contributed by atoms with Gasteiger partial charge in [0, 0.05) is 15.8 Å². The zero-order chi connectivity index (χ0) is 13.7. The van der Waals surface area contributed by atoms with Crippen molar-refractivity contribution in [2.45, 2.75) is 56.7 Å². The van der Waals surface area contributed by atoms with Crippen molar-refractivity contribution in [3.05, 3.63) is 29.3 Å². The van der Waals surface area contributed by atoms with E-state index in [1.54, 1.807) is 0 Å². The second-order valence-electron chi connectivity index (χ2n) is 7.15. The molecule has 3 rings (SSSR count). The third kappa shape index (κ3) is 2.22. The lowest BCUT2D eigenvalue weighted by atomic mass is 9.80. The maximum absolute atomic E-state index is 5.78. The molecule has 1 atom stereocenters. The molecule has 1 aliphatic heterocycles. The average Bonchev–Trinajstić information content (AvgIpc) is 2.94. The van der Waals surface area contributed by atoms with Crippen molar-refractivity contribution in [1.29, 1.82) is 0 Å². The summed E-state index contributed by atoms with van der Waals surface area (Å²) in [6, 6.07) is 6.76. The minimum absolute atomic E-state index is 0.147. The van der Waals surface area contributed by atoms with Crippen LogP contribution in [0.2, 0.25) is 0 Å². The van der Waals surface area contributed by atoms with E-state index in [4.69, 9.17) is 4.74 Å². The molecule has 2 aliphatic rings. The van der Waals surface area contributed by atoms with Crippen LogP contribution in [-0.4, -0.2) is 6.61 Å². The van der Waals surface area contributed by atoms with Crippen molar-refractivity contribution in [3.63, 3.8) is 0 Å². The lowest BCUT2D eigenvalue weighted by Gasteiger charge is -2.30. The van der Waals surface area contributed by atoms with Crippen LogP contribution in [-0.2, 0) is 5.41 Å². The second kappa shape index (κ2) is 4.51. The van der Waals surface area contributed by atoms with Crippen molar-refractivity contribution in [1.82, 2.24) is 0 Å². The molecule has 19 heavy (non-hydrogen) atoms. The molecule has 0 amide bonds. The molecule has 1 unspecified atom stereocenters. The predicted octanol–water partition coefficient (Wildman–Crippen LogP) is 5.37. The first-order chi connectivity index (χ1) is 8.92. The standard InChI is InChI=1S/C17H23BrO/c1-16(2)11-19-14-7-6-12(10-13(14)16)15(18)17(3)8-4-5-9-17/h6-7,10,15H,4-5,8-9,11H2,1-3H3. The molecule has 1 aromatic carbocycles. The molecule has 0 radical (unpaired) electrons. The van der Waals surface area contributed by atoms with Gasteiger partial charge in [-0.15, -0.1) is 0 Å². The summed E-state index contributed by atoms with van der Waals surface area (Å²) >= 11 is 3.97. The highest BCUT2D eigenvalue weighted by molar-refractivity contribution is 9.09. The van der Waals surface area contributed by atoms with E-state index in [0.717, 1.165) is 12.4 Å². The van der Waals surface area contributed by atoms with Crippen molar-refractivity contribution in [3.8, 4) is 5.75 Å². The minimum Gasteiger partial charge on any atom is -0.492 e. The molecule has 1 nitrogen and oxygen atoms in total. The lowest BCUT2D eigenvalue weighted by molar-refractivity contribution is 0.291. The average molecular weight is 323 g/mol. The molecule has 0 N–H and O–H groups in total. The normalized spacial score (nSPS) is 24.8. The van der Waals surface area contributed by atoms with E-state index >= 15 is 0 Å². The Bertz CT molecular complexity index is 486. The third-order valence-corrected chi connectivity index (χ3v) is 6.61. The number of ether oxygens (including phenoxy) is 1. The van der Waals surface area contributed by atoms with E-state index in [0.29, 0.717) is 10.2 Å². The largest absolute Gasteiger partial charge is 0.492 e. The summed E-state index contributed by atoms with van der Waals surface area (Å²) in [5.74, 6) is 1.07. The van der Waals surface area contributed by atoms with Crippen LogP contribution in [0.4, 0.5) is 0 Å². The Hall–Kier alpha value is -0.500. The number of alkyl halides is 1. The molecule has 0 spiro atoms. The van der Waals surface area contributed by atoms with E-state index in [9.17, 15) is 0 Å².